The van der Waals surface area contributed by atoms with Crippen LogP contribution in [0, 0.1) is 11.3 Å². The van der Waals surface area contributed by atoms with Crippen molar-refractivity contribution in [3.8, 4) is 0 Å². The molecule has 1 saturated heterocycles. The Morgan fingerprint density at radius 2 is 1.94 bits per heavy atom. The number of nitrogens with zero attached hydrogens (tertiary/aromatic N) is 1. The van der Waals surface area contributed by atoms with E-state index in [0.29, 0.717) is 19.4 Å². The summed E-state index contributed by atoms with van der Waals surface area (Å²) in [7, 11) is 0. The molecule has 92 valence electrons. The smallest absolute Gasteiger partial charge is 0.236 e. The van der Waals surface area contributed by atoms with Gasteiger partial charge in [-0.05, 0) is 32.7 Å². The number of amides is 2. The molecule has 1 heterocycles. The number of carbonyl (C=O) groups excluding carboxylic acids is 2. The van der Waals surface area contributed by atoms with Gasteiger partial charge in [0, 0.05) is 12.5 Å². The summed E-state index contributed by atoms with van der Waals surface area (Å²) in [6, 6.07) is -0.0782. The minimum absolute atomic E-state index is 0.0338. The Bertz CT molecular complexity index is 301. The molecule has 0 radical (unpaired) electrons. The number of carbonyl (C=O) groups is 2. The molecule has 0 spiro atoms. The summed E-state index contributed by atoms with van der Waals surface area (Å²) in [6.45, 7) is 8.24. The molecule has 0 aliphatic carbocycles. The summed E-state index contributed by atoms with van der Waals surface area (Å²) >= 11 is 0. The predicted molar refractivity (Wildman–Crippen MR) is 62.5 cm³/mol. The quantitative estimate of drug-likeness (QED) is 0.731. The van der Waals surface area contributed by atoms with E-state index in [9.17, 15) is 9.59 Å². The summed E-state index contributed by atoms with van der Waals surface area (Å²) in [5.41, 5.74) is 4.94. The monoisotopic (exact) mass is 226 g/mol. The van der Waals surface area contributed by atoms with Gasteiger partial charge in [0.2, 0.25) is 11.8 Å². The van der Waals surface area contributed by atoms with Gasteiger partial charge in [-0.25, -0.2) is 0 Å². The Labute approximate surface area is 97.2 Å². The molecule has 1 aliphatic rings. The molecular formula is C12H22N2O2. The highest BCUT2D eigenvalue weighted by atomic mass is 16.2. The Morgan fingerprint density at radius 1 is 1.38 bits per heavy atom. The second kappa shape index (κ2) is 4.53. The number of hydrogen-bond acceptors (Lipinski definition) is 3. The third-order valence-corrected chi connectivity index (χ3v) is 3.79. The van der Waals surface area contributed by atoms with E-state index in [1.54, 1.807) is 0 Å². The molecule has 4 heteroatoms. The van der Waals surface area contributed by atoms with E-state index >= 15 is 0 Å². The summed E-state index contributed by atoms with van der Waals surface area (Å²) < 4.78 is 0. The van der Waals surface area contributed by atoms with Gasteiger partial charge >= 0.3 is 0 Å². The third kappa shape index (κ3) is 1.98. The van der Waals surface area contributed by atoms with Crippen molar-refractivity contribution in [2.24, 2.45) is 17.1 Å². The topological polar surface area (TPSA) is 63.4 Å². The molecular weight excluding hydrogens is 204 g/mol. The number of imide groups is 1. The lowest BCUT2D eigenvalue weighted by atomic mass is 9.78. The number of hydrogen-bond donors (Lipinski definition) is 1. The van der Waals surface area contributed by atoms with Crippen molar-refractivity contribution in [1.29, 1.82) is 0 Å². The zero-order valence-electron chi connectivity index (χ0n) is 10.6. The maximum Gasteiger partial charge on any atom is 0.236 e. The van der Waals surface area contributed by atoms with Crippen molar-refractivity contribution < 1.29 is 9.59 Å². The van der Waals surface area contributed by atoms with Gasteiger partial charge in [0.25, 0.3) is 0 Å². The first kappa shape index (κ1) is 13.2. The van der Waals surface area contributed by atoms with Crippen molar-refractivity contribution in [3.63, 3.8) is 0 Å². The van der Waals surface area contributed by atoms with Crippen LogP contribution in [0.2, 0.25) is 0 Å². The predicted octanol–water partition coefficient (Wildman–Crippen LogP) is 1.14. The van der Waals surface area contributed by atoms with Crippen LogP contribution in [0.25, 0.3) is 0 Å². The van der Waals surface area contributed by atoms with E-state index in [0.717, 1.165) is 0 Å². The number of likely N-dealkylation sites (tertiary alicyclic amines) is 1. The molecule has 16 heavy (non-hydrogen) atoms. The van der Waals surface area contributed by atoms with Gasteiger partial charge in [0.1, 0.15) is 0 Å². The minimum Gasteiger partial charge on any atom is -0.330 e. The molecule has 2 atom stereocenters. The van der Waals surface area contributed by atoms with Gasteiger partial charge in [-0.15, -0.1) is 0 Å². The van der Waals surface area contributed by atoms with E-state index in [1.807, 2.05) is 27.7 Å². The molecule has 1 rings (SSSR count). The number of rotatable bonds is 4. The Kier molecular flexibility index (Phi) is 3.73. The first-order valence-electron chi connectivity index (χ1n) is 5.91. The van der Waals surface area contributed by atoms with Gasteiger partial charge in [-0.2, -0.15) is 0 Å². The molecule has 4 nitrogen and oxygen atoms in total. The van der Waals surface area contributed by atoms with Crippen LogP contribution in [0.4, 0.5) is 0 Å². The first-order chi connectivity index (χ1) is 7.34. The van der Waals surface area contributed by atoms with E-state index in [1.165, 1.54) is 4.90 Å². The van der Waals surface area contributed by atoms with Crippen LogP contribution in [0.3, 0.4) is 0 Å². The maximum absolute atomic E-state index is 12.3. The largest absolute Gasteiger partial charge is 0.330 e. The van der Waals surface area contributed by atoms with E-state index in [-0.39, 0.29) is 23.8 Å². The highest BCUT2D eigenvalue weighted by Gasteiger charge is 2.51. The van der Waals surface area contributed by atoms with Crippen LogP contribution in [-0.2, 0) is 9.59 Å². The fourth-order valence-electron chi connectivity index (χ4n) is 2.13. The number of nitrogens with two attached hydrogens (primary N) is 1. The van der Waals surface area contributed by atoms with Gasteiger partial charge in [0.15, 0.2) is 0 Å². The van der Waals surface area contributed by atoms with E-state index < -0.39 is 5.41 Å². The van der Waals surface area contributed by atoms with E-state index in [2.05, 4.69) is 0 Å². The molecule has 0 bridgehead atoms. The van der Waals surface area contributed by atoms with Crippen molar-refractivity contribution in [3.05, 3.63) is 0 Å². The SMILES string of the molecule is CC(CCN)N1C(=O)CC(C)(C(C)C)C1=O. The summed E-state index contributed by atoms with van der Waals surface area (Å²) in [5, 5.41) is 0. The Balaban J connectivity index is 2.91. The fraction of sp³-hybridized carbons (Fsp3) is 0.833. The second-order valence-electron chi connectivity index (χ2n) is 5.24. The van der Waals surface area contributed by atoms with Crippen molar-refractivity contribution in [2.45, 2.75) is 46.6 Å². The summed E-state index contributed by atoms with van der Waals surface area (Å²) in [4.78, 5) is 25.6. The van der Waals surface area contributed by atoms with Crippen molar-refractivity contribution >= 4 is 11.8 Å². The van der Waals surface area contributed by atoms with Gasteiger partial charge in [-0.3, -0.25) is 14.5 Å². The molecule has 1 aliphatic heterocycles. The van der Waals surface area contributed by atoms with Crippen LogP contribution >= 0.6 is 0 Å². The lowest BCUT2D eigenvalue weighted by molar-refractivity contribution is -0.144. The minimum atomic E-state index is -0.528. The van der Waals surface area contributed by atoms with Gasteiger partial charge < -0.3 is 5.73 Å². The van der Waals surface area contributed by atoms with Crippen LogP contribution in [0.5, 0.6) is 0 Å². The van der Waals surface area contributed by atoms with Crippen molar-refractivity contribution in [1.82, 2.24) is 4.90 Å². The molecule has 2 amide bonds. The van der Waals surface area contributed by atoms with Crippen LogP contribution in [-0.4, -0.2) is 29.3 Å². The third-order valence-electron chi connectivity index (χ3n) is 3.79. The van der Waals surface area contributed by atoms with Gasteiger partial charge in [-0.1, -0.05) is 13.8 Å². The normalized spacial score (nSPS) is 28.0. The lowest BCUT2D eigenvalue weighted by Crippen LogP contribution is -2.42. The lowest BCUT2D eigenvalue weighted by Gasteiger charge is -2.28. The van der Waals surface area contributed by atoms with Crippen LogP contribution < -0.4 is 5.73 Å². The maximum atomic E-state index is 12.3. The Hall–Kier alpha value is -0.900. The average molecular weight is 226 g/mol. The molecule has 0 aromatic rings. The average Bonchev–Trinajstić information content (AvgIpc) is 2.39. The fourth-order valence-corrected chi connectivity index (χ4v) is 2.13. The molecule has 0 saturated carbocycles. The molecule has 2 unspecified atom stereocenters. The first-order valence-corrected chi connectivity index (χ1v) is 5.91. The van der Waals surface area contributed by atoms with Gasteiger partial charge in [0.05, 0.1) is 5.41 Å². The molecule has 0 aromatic heterocycles. The zero-order chi connectivity index (χ0) is 12.5. The molecule has 1 fully saturated rings. The second-order valence-corrected chi connectivity index (χ2v) is 5.24. The molecule has 2 N–H and O–H groups in total. The van der Waals surface area contributed by atoms with Crippen molar-refractivity contribution in [2.75, 3.05) is 6.54 Å². The van der Waals surface area contributed by atoms with Crippen LogP contribution in [0.15, 0.2) is 0 Å². The highest BCUT2D eigenvalue weighted by molar-refractivity contribution is 6.06. The standard InChI is InChI=1S/C12H22N2O2/c1-8(2)12(4)7-10(15)14(11(12)16)9(3)5-6-13/h8-9H,5-7,13H2,1-4H3. The summed E-state index contributed by atoms with van der Waals surface area (Å²) in [6.07, 6.45) is 1.00. The summed E-state index contributed by atoms with van der Waals surface area (Å²) in [5.74, 6) is 0.0922. The molecule has 0 aromatic carbocycles. The van der Waals surface area contributed by atoms with E-state index in [4.69, 9.17) is 5.73 Å². The zero-order valence-corrected chi connectivity index (χ0v) is 10.6. The Morgan fingerprint density at radius 3 is 2.31 bits per heavy atom. The highest BCUT2D eigenvalue weighted by Crippen LogP contribution is 2.40. The van der Waals surface area contributed by atoms with Crippen LogP contribution in [0.1, 0.15) is 40.5 Å².